The number of piperidine rings is 1. The molecule has 0 saturated carbocycles. The monoisotopic (exact) mass is 337 g/mol. The van der Waals surface area contributed by atoms with Gasteiger partial charge in [-0.2, -0.15) is 0 Å². The van der Waals surface area contributed by atoms with Crippen molar-refractivity contribution in [3.05, 3.63) is 36.9 Å². The van der Waals surface area contributed by atoms with E-state index in [1.807, 2.05) is 0 Å². The maximum atomic E-state index is 12.5. The van der Waals surface area contributed by atoms with Crippen LogP contribution in [-0.4, -0.2) is 44.9 Å². The Balaban J connectivity index is 2.04. The quantitative estimate of drug-likeness (QED) is 0.773. The van der Waals surface area contributed by atoms with Gasteiger partial charge in [0.1, 0.15) is 0 Å². The Hall–Kier alpha value is -1.70. The summed E-state index contributed by atoms with van der Waals surface area (Å²) >= 11 is 0. The Morgan fingerprint density at radius 3 is 2.70 bits per heavy atom. The molecule has 1 heterocycles. The van der Waals surface area contributed by atoms with E-state index in [0.29, 0.717) is 5.69 Å². The number of hydrogen-bond acceptors (Lipinski definition) is 4. The van der Waals surface area contributed by atoms with Gasteiger partial charge in [-0.3, -0.25) is 4.79 Å². The van der Waals surface area contributed by atoms with Gasteiger partial charge in [0, 0.05) is 18.3 Å². The molecule has 126 valence electrons. The van der Waals surface area contributed by atoms with E-state index in [-0.39, 0.29) is 16.8 Å². The fourth-order valence-corrected chi connectivity index (χ4v) is 3.90. The first-order chi connectivity index (χ1) is 10.9. The number of sulfonamides is 1. The molecule has 1 fully saturated rings. The molecule has 0 bridgehead atoms. The van der Waals surface area contributed by atoms with Gasteiger partial charge in [-0.25, -0.2) is 13.1 Å². The highest BCUT2D eigenvalue weighted by molar-refractivity contribution is 7.89. The molecule has 0 aliphatic carbocycles. The van der Waals surface area contributed by atoms with Gasteiger partial charge in [0.2, 0.25) is 15.9 Å². The minimum Gasteiger partial charge on any atom is -0.323 e. The molecule has 1 atom stereocenters. The molecule has 1 aromatic carbocycles. The molecule has 0 radical (unpaired) electrons. The van der Waals surface area contributed by atoms with Gasteiger partial charge in [0.25, 0.3) is 0 Å². The second-order valence-electron chi connectivity index (χ2n) is 5.57. The van der Waals surface area contributed by atoms with Gasteiger partial charge < -0.3 is 10.2 Å². The van der Waals surface area contributed by atoms with Crippen LogP contribution in [0.5, 0.6) is 0 Å². The Kier molecular flexibility index (Phi) is 5.92. The van der Waals surface area contributed by atoms with Crippen LogP contribution in [0.4, 0.5) is 5.69 Å². The number of nitrogens with one attached hydrogen (secondary N) is 2. The van der Waals surface area contributed by atoms with Crippen molar-refractivity contribution in [3.63, 3.8) is 0 Å². The number of amides is 1. The van der Waals surface area contributed by atoms with Crippen LogP contribution in [0.3, 0.4) is 0 Å². The summed E-state index contributed by atoms with van der Waals surface area (Å²) in [6, 6.07) is 6.04. The lowest BCUT2D eigenvalue weighted by Crippen LogP contribution is -2.47. The van der Waals surface area contributed by atoms with Gasteiger partial charge in [0.15, 0.2) is 0 Å². The third-order valence-electron chi connectivity index (χ3n) is 3.89. The lowest BCUT2D eigenvalue weighted by molar-refractivity contribution is -0.111. The number of rotatable bonds is 6. The molecule has 1 aliphatic heterocycles. The van der Waals surface area contributed by atoms with Crippen molar-refractivity contribution >= 4 is 21.6 Å². The van der Waals surface area contributed by atoms with Crippen LogP contribution >= 0.6 is 0 Å². The van der Waals surface area contributed by atoms with E-state index in [0.717, 1.165) is 38.6 Å². The first kappa shape index (κ1) is 17.7. The van der Waals surface area contributed by atoms with Crippen molar-refractivity contribution in [2.75, 3.05) is 25.0 Å². The van der Waals surface area contributed by atoms with E-state index in [4.69, 9.17) is 0 Å². The summed E-state index contributed by atoms with van der Waals surface area (Å²) in [5.41, 5.74) is 0.531. The molecule has 6 nitrogen and oxygen atoms in total. The molecule has 23 heavy (non-hydrogen) atoms. The van der Waals surface area contributed by atoms with Crippen molar-refractivity contribution in [1.82, 2.24) is 9.62 Å². The zero-order valence-electron chi connectivity index (χ0n) is 13.3. The van der Waals surface area contributed by atoms with Gasteiger partial charge in [-0.05, 0) is 56.3 Å². The van der Waals surface area contributed by atoms with Crippen LogP contribution < -0.4 is 10.0 Å². The highest BCUT2D eigenvalue weighted by atomic mass is 32.2. The molecule has 1 aromatic rings. The summed E-state index contributed by atoms with van der Waals surface area (Å²) in [5, 5.41) is 2.59. The van der Waals surface area contributed by atoms with Crippen LogP contribution in [0, 0.1) is 0 Å². The summed E-state index contributed by atoms with van der Waals surface area (Å²) in [6.45, 7) is 8.13. The Labute approximate surface area is 137 Å². The number of carbonyl (C=O) groups is 1. The van der Waals surface area contributed by atoms with Crippen molar-refractivity contribution in [2.45, 2.75) is 30.7 Å². The molecule has 1 unspecified atom stereocenters. The smallest absolute Gasteiger partial charge is 0.247 e. The predicted molar refractivity (Wildman–Crippen MR) is 90.7 cm³/mol. The van der Waals surface area contributed by atoms with Crippen molar-refractivity contribution in [1.29, 1.82) is 0 Å². The summed E-state index contributed by atoms with van der Waals surface area (Å²) in [5.74, 6) is -0.333. The Bertz CT molecular complexity index is 656. The summed E-state index contributed by atoms with van der Waals surface area (Å²) in [4.78, 5) is 13.7. The maximum absolute atomic E-state index is 12.5. The molecular weight excluding hydrogens is 314 g/mol. The largest absolute Gasteiger partial charge is 0.323 e. The second kappa shape index (κ2) is 7.72. The highest BCUT2D eigenvalue weighted by Gasteiger charge is 2.24. The molecule has 1 aliphatic rings. The Morgan fingerprint density at radius 1 is 1.39 bits per heavy atom. The van der Waals surface area contributed by atoms with Crippen molar-refractivity contribution in [3.8, 4) is 0 Å². The molecule has 2 rings (SSSR count). The van der Waals surface area contributed by atoms with Gasteiger partial charge in [-0.15, -0.1) is 0 Å². The summed E-state index contributed by atoms with van der Waals surface area (Å²) in [6.07, 6.45) is 3.01. The van der Waals surface area contributed by atoms with Crippen molar-refractivity contribution in [2.24, 2.45) is 0 Å². The van der Waals surface area contributed by atoms with Gasteiger partial charge >= 0.3 is 0 Å². The van der Waals surface area contributed by atoms with Crippen LogP contribution in [0.25, 0.3) is 0 Å². The minimum absolute atomic E-state index is 0.0613. The average Bonchev–Trinajstić information content (AvgIpc) is 2.55. The number of carbonyl (C=O) groups excluding carboxylic acids is 1. The first-order valence-corrected chi connectivity index (χ1v) is 9.21. The van der Waals surface area contributed by atoms with Gasteiger partial charge in [-0.1, -0.05) is 13.5 Å². The van der Waals surface area contributed by atoms with E-state index in [1.165, 1.54) is 12.1 Å². The highest BCUT2D eigenvalue weighted by Crippen LogP contribution is 2.17. The molecule has 1 amide bonds. The minimum atomic E-state index is -3.55. The number of anilines is 1. The molecule has 2 N–H and O–H groups in total. The van der Waals surface area contributed by atoms with Crippen LogP contribution in [0.1, 0.15) is 19.8 Å². The third-order valence-corrected chi connectivity index (χ3v) is 5.43. The molecule has 7 heteroatoms. The SMILES string of the molecule is C=CC(=O)Nc1ccc(S(=O)(=O)NC2CCCN(CC)C2)cc1. The fourth-order valence-electron chi connectivity index (χ4n) is 2.64. The first-order valence-electron chi connectivity index (χ1n) is 7.72. The number of likely N-dealkylation sites (tertiary alicyclic amines) is 1. The molecule has 0 aromatic heterocycles. The lowest BCUT2D eigenvalue weighted by Gasteiger charge is -2.32. The molecule has 0 spiro atoms. The Morgan fingerprint density at radius 2 is 2.09 bits per heavy atom. The number of nitrogens with zero attached hydrogens (tertiary/aromatic N) is 1. The average molecular weight is 337 g/mol. The van der Waals surface area contributed by atoms with Crippen LogP contribution in [-0.2, 0) is 14.8 Å². The maximum Gasteiger partial charge on any atom is 0.247 e. The van der Waals surface area contributed by atoms with Gasteiger partial charge in [0.05, 0.1) is 4.90 Å². The normalized spacial score (nSPS) is 19.3. The number of hydrogen-bond donors (Lipinski definition) is 2. The zero-order chi connectivity index (χ0) is 16.9. The lowest BCUT2D eigenvalue weighted by atomic mass is 10.1. The molecule has 1 saturated heterocycles. The van der Waals surface area contributed by atoms with E-state index in [2.05, 4.69) is 28.4 Å². The van der Waals surface area contributed by atoms with E-state index in [1.54, 1.807) is 12.1 Å². The number of benzene rings is 1. The fraction of sp³-hybridized carbons (Fsp3) is 0.438. The molecular formula is C16H23N3O3S. The standard InChI is InChI=1S/C16H23N3O3S/c1-3-16(20)17-13-7-9-15(10-8-13)23(21,22)18-14-6-5-11-19(4-2)12-14/h3,7-10,14,18H,1,4-6,11-12H2,2H3,(H,17,20). The van der Waals surface area contributed by atoms with Crippen LogP contribution in [0.15, 0.2) is 41.8 Å². The summed E-state index contributed by atoms with van der Waals surface area (Å²) in [7, 11) is -3.55. The summed E-state index contributed by atoms with van der Waals surface area (Å²) < 4.78 is 27.7. The van der Waals surface area contributed by atoms with E-state index in [9.17, 15) is 13.2 Å². The van der Waals surface area contributed by atoms with E-state index < -0.39 is 10.0 Å². The predicted octanol–water partition coefficient (Wildman–Crippen LogP) is 1.57. The topological polar surface area (TPSA) is 78.5 Å². The zero-order valence-corrected chi connectivity index (χ0v) is 14.1. The van der Waals surface area contributed by atoms with Crippen LogP contribution in [0.2, 0.25) is 0 Å². The third kappa shape index (κ3) is 4.89. The second-order valence-corrected chi connectivity index (χ2v) is 7.29. The number of likely N-dealkylation sites (N-methyl/N-ethyl adjacent to an activating group) is 1. The van der Waals surface area contributed by atoms with Crippen molar-refractivity contribution < 1.29 is 13.2 Å². The van der Waals surface area contributed by atoms with E-state index >= 15 is 0 Å².